The molecule has 0 bridgehead atoms. The highest BCUT2D eigenvalue weighted by molar-refractivity contribution is 5.87. The Kier molecular flexibility index (Phi) is 6.01. The zero-order valence-electron chi connectivity index (χ0n) is 11.0. The summed E-state index contributed by atoms with van der Waals surface area (Å²) in [6, 6.07) is 0. The van der Waals surface area contributed by atoms with Crippen LogP contribution in [0, 0.1) is 5.92 Å². The second-order valence-corrected chi connectivity index (χ2v) is 4.78. The van der Waals surface area contributed by atoms with E-state index in [9.17, 15) is 9.59 Å². The summed E-state index contributed by atoms with van der Waals surface area (Å²) >= 11 is 0. The second kappa shape index (κ2) is 7.30. The van der Waals surface area contributed by atoms with E-state index in [-0.39, 0.29) is 18.4 Å². The lowest BCUT2D eigenvalue weighted by atomic mass is 9.98. The van der Waals surface area contributed by atoms with Gasteiger partial charge in [0.05, 0.1) is 6.54 Å². The maximum Gasteiger partial charge on any atom is 0.241 e. The maximum absolute atomic E-state index is 11.8. The van der Waals surface area contributed by atoms with Gasteiger partial charge in [-0.05, 0) is 12.3 Å². The van der Waals surface area contributed by atoms with Gasteiger partial charge in [0.25, 0.3) is 0 Å². The van der Waals surface area contributed by atoms with Gasteiger partial charge in [-0.15, -0.1) is 0 Å². The Hall–Kier alpha value is -1.06. The largest absolute Gasteiger partial charge is 0.347 e. The minimum absolute atomic E-state index is 0.0116. The molecule has 1 fully saturated rings. The minimum Gasteiger partial charge on any atom is -0.347 e. The molecule has 1 aliphatic rings. The molecule has 1 N–H and O–H groups in total. The Morgan fingerprint density at radius 2 is 2.12 bits per heavy atom. The molecular formula is C13H24N2O2. The van der Waals surface area contributed by atoms with E-state index in [1.807, 2.05) is 4.90 Å². The summed E-state index contributed by atoms with van der Waals surface area (Å²) in [5.41, 5.74) is 0. The molecule has 4 nitrogen and oxygen atoms in total. The second-order valence-electron chi connectivity index (χ2n) is 4.78. The van der Waals surface area contributed by atoms with E-state index in [1.165, 1.54) is 19.3 Å². The molecule has 1 saturated heterocycles. The summed E-state index contributed by atoms with van der Waals surface area (Å²) < 4.78 is 0. The van der Waals surface area contributed by atoms with E-state index < -0.39 is 0 Å². The summed E-state index contributed by atoms with van der Waals surface area (Å²) in [6.45, 7) is 5.92. The SMILES string of the molecule is CCCCC(CC)CN1CCC(=O)NCC1=O. The lowest BCUT2D eigenvalue weighted by molar-refractivity contribution is -0.130. The van der Waals surface area contributed by atoms with Crippen molar-refractivity contribution in [2.75, 3.05) is 19.6 Å². The van der Waals surface area contributed by atoms with Gasteiger partial charge in [0.2, 0.25) is 11.8 Å². The minimum atomic E-state index is -0.0116. The molecule has 0 aliphatic carbocycles. The van der Waals surface area contributed by atoms with Crippen molar-refractivity contribution in [2.24, 2.45) is 5.92 Å². The number of carbonyl (C=O) groups is 2. The van der Waals surface area contributed by atoms with Crippen LogP contribution in [0.25, 0.3) is 0 Å². The Bertz CT molecular complexity index is 266. The molecule has 0 aromatic carbocycles. The first-order valence-corrected chi connectivity index (χ1v) is 6.71. The molecule has 98 valence electrons. The van der Waals surface area contributed by atoms with Gasteiger partial charge in [-0.3, -0.25) is 9.59 Å². The molecule has 1 atom stereocenters. The van der Waals surface area contributed by atoms with Crippen molar-refractivity contribution < 1.29 is 9.59 Å². The smallest absolute Gasteiger partial charge is 0.241 e. The molecule has 0 radical (unpaired) electrons. The van der Waals surface area contributed by atoms with Crippen LogP contribution in [-0.4, -0.2) is 36.3 Å². The molecule has 1 rings (SSSR count). The first-order valence-electron chi connectivity index (χ1n) is 6.71. The quantitative estimate of drug-likeness (QED) is 0.766. The van der Waals surface area contributed by atoms with Crippen molar-refractivity contribution in [3.8, 4) is 0 Å². The van der Waals surface area contributed by atoms with Crippen LogP contribution in [0.2, 0.25) is 0 Å². The summed E-state index contributed by atoms with van der Waals surface area (Å²) in [5, 5.41) is 2.63. The van der Waals surface area contributed by atoms with Crippen LogP contribution >= 0.6 is 0 Å². The number of unbranched alkanes of at least 4 members (excludes halogenated alkanes) is 1. The van der Waals surface area contributed by atoms with Crippen molar-refractivity contribution in [3.63, 3.8) is 0 Å². The van der Waals surface area contributed by atoms with E-state index in [4.69, 9.17) is 0 Å². The molecule has 0 spiro atoms. The van der Waals surface area contributed by atoms with Crippen LogP contribution in [-0.2, 0) is 9.59 Å². The molecule has 1 aliphatic heterocycles. The zero-order chi connectivity index (χ0) is 12.7. The van der Waals surface area contributed by atoms with Crippen molar-refractivity contribution in [1.82, 2.24) is 10.2 Å². The lowest BCUT2D eigenvalue weighted by Crippen LogP contribution is -2.38. The average Bonchev–Trinajstić information content (AvgIpc) is 2.49. The highest BCUT2D eigenvalue weighted by Crippen LogP contribution is 2.15. The topological polar surface area (TPSA) is 49.4 Å². The Labute approximate surface area is 104 Å². The zero-order valence-corrected chi connectivity index (χ0v) is 11.0. The molecular weight excluding hydrogens is 216 g/mol. The van der Waals surface area contributed by atoms with Crippen LogP contribution in [0.15, 0.2) is 0 Å². The molecule has 0 aromatic rings. The number of rotatable bonds is 6. The van der Waals surface area contributed by atoms with Gasteiger partial charge in [-0.25, -0.2) is 0 Å². The highest BCUT2D eigenvalue weighted by atomic mass is 16.2. The van der Waals surface area contributed by atoms with Crippen LogP contribution in [0.4, 0.5) is 0 Å². The molecule has 2 amide bonds. The fourth-order valence-electron chi connectivity index (χ4n) is 2.16. The Morgan fingerprint density at radius 3 is 2.76 bits per heavy atom. The highest BCUT2D eigenvalue weighted by Gasteiger charge is 2.22. The summed E-state index contributed by atoms with van der Waals surface area (Å²) in [4.78, 5) is 24.9. The lowest BCUT2D eigenvalue weighted by Gasteiger charge is -2.25. The predicted octanol–water partition coefficient (Wildman–Crippen LogP) is 1.55. The standard InChI is InChI=1S/C13H24N2O2/c1-3-5-6-11(4-2)10-15-8-7-12(16)14-9-13(15)17/h11H,3-10H2,1-2H3,(H,14,16). The van der Waals surface area contributed by atoms with Gasteiger partial charge in [-0.2, -0.15) is 0 Å². The number of amides is 2. The van der Waals surface area contributed by atoms with Gasteiger partial charge in [0.15, 0.2) is 0 Å². The maximum atomic E-state index is 11.8. The third-order valence-corrected chi connectivity index (χ3v) is 3.42. The van der Waals surface area contributed by atoms with Gasteiger partial charge >= 0.3 is 0 Å². The number of nitrogens with one attached hydrogen (secondary N) is 1. The number of nitrogens with zero attached hydrogens (tertiary/aromatic N) is 1. The molecule has 1 unspecified atom stereocenters. The first-order chi connectivity index (χ1) is 8.17. The third-order valence-electron chi connectivity index (χ3n) is 3.42. The van der Waals surface area contributed by atoms with E-state index >= 15 is 0 Å². The number of hydrogen-bond acceptors (Lipinski definition) is 2. The van der Waals surface area contributed by atoms with Crippen molar-refractivity contribution >= 4 is 11.8 Å². The van der Waals surface area contributed by atoms with Gasteiger partial charge < -0.3 is 10.2 Å². The normalized spacial score (nSPS) is 18.8. The molecule has 1 heterocycles. The number of hydrogen-bond donors (Lipinski definition) is 1. The van der Waals surface area contributed by atoms with Gasteiger partial charge in [0.1, 0.15) is 0 Å². The van der Waals surface area contributed by atoms with Crippen molar-refractivity contribution in [1.29, 1.82) is 0 Å². The van der Waals surface area contributed by atoms with E-state index in [0.717, 1.165) is 13.0 Å². The average molecular weight is 240 g/mol. The third kappa shape index (κ3) is 4.75. The van der Waals surface area contributed by atoms with Gasteiger partial charge in [0, 0.05) is 19.5 Å². The molecule has 4 heteroatoms. The summed E-state index contributed by atoms with van der Waals surface area (Å²) in [5.74, 6) is 0.625. The summed E-state index contributed by atoms with van der Waals surface area (Å²) in [7, 11) is 0. The molecule has 0 aromatic heterocycles. The summed E-state index contributed by atoms with van der Waals surface area (Å²) in [6.07, 6.45) is 5.14. The van der Waals surface area contributed by atoms with Crippen LogP contribution in [0.3, 0.4) is 0 Å². The molecule has 0 saturated carbocycles. The first kappa shape index (κ1) is 14.0. The predicted molar refractivity (Wildman–Crippen MR) is 67.5 cm³/mol. The number of carbonyl (C=O) groups excluding carboxylic acids is 2. The van der Waals surface area contributed by atoms with Crippen LogP contribution < -0.4 is 5.32 Å². The van der Waals surface area contributed by atoms with Crippen LogP contribution in [0.5, 0.6) is 0 Å². The molecule has 17 heavy (non-hydrogen) atoms. The Balaban J connectivity index is 2.46. The Morgan fingerprint density at radius 1 is 1.35 bits per heavy atom. The van der Waals surface area contributed by atoms with Crippen molar-refractivity contribution in [2.45, 2.75) is 46.0 Å². The van der Waals surface area contributed by atoms with E-state index in [0.29, 0.717) is 18.9 Å². The van der Waals surface area contributed by atoms with E-state index in [1.54, 1.807) is 0 Å². The van der Waals surface area contributed by atoms with E-state index in [2.05, 4.69) is 19.2 Å². The fraction of sp³-hybridized carbons (Fsp3) is 0.846. The van der Waals surface area contributed by atoms with Crippen LogP contribution in [0.1, 0.15) is 46.0 Å². The fourth-order valence-corrected chi connectivity index (χ4v) is 2.16. The van der Waals surface area contributed by atoms with Gasteiger partial charge in [-0.1, -0.05) is 33.1 Å². The van der Waals surface area contributed by atoms with Crippen molar-refractivity contribution in [3.05, 3.63) is 0 Å². The monoisotopic (exact) mass is 240 g/mol.